The highest BCUT2D eigenvalue weighted by molar-refractivity contribution is 7.99. The maximum Gasteiger partial charge on any atom is 0.234 e. The highest BCUT2D eigenvalue weighted by atomic mass is 32.2. The smallest absolute Gasteiger partial charge is 0.234 e. The summed E-state index contributed by atoms with van der Waals surface area (Å²) in [5.41, 5.74) is 1.02. The molecule has 0 saturated carbocycles. The molecule has 1 amide bonds. The van der Waals surface area contributed by atoms with Crippen LogP contribution >= 0.6 is 11.8 Å². The third-order valence-electron chi connectivity index (χ3n) is 4.17. The van der Waals surface area contributed by atoms with E-state index in [-0.39, 0.29) is 17.5 Å². The average molecular weight is 429 g/mol. The Hall–Kier alpha value is -2.87. The predicted octanol–water partition coefficient (Wildman–Crippen LogP) is 4.87. The number of carbonyl (C=O) groups is 1. The molecule has 0 aliphatic rings. The number of aromatic nitrogens is 3. The fourth-order valence-corrected chi connectivity index (χ4v) is 3.68. The first kappa shape index (κ1) is 21.8. The number of anilines is 1. The Kier molecular flexibility index (Phi) is 7.46. The van der Waals surface area contributed by atoms with E-state index in [1.54, 1.807) is 24.3 Å². The molecule has 30 heavy (non-hydrogen) atoms. The maximum absolute atomic E-state index is 14.3. The standard InChI is InChI=1S/C22H25FN4O2S/c1-4-29-19-12-8-7-11-18(19)24-20(28)14-30-22-26-25-21(27(22)13-15(2)3)16-9-5-6-10-17(16)23/h5-12,15H,4,13-14H2,1-3H3,(H,24,28). The van der Waals surface area contributed by atoms with Crippen molar-refractivity contribution in [2.45, 2.75) is 32.5 Å². The molecule has 6 nitrogen and oxygen atoms in total. The van der Waals surface area contributed by atoms with Gasteiger partial charge in [0.05, 0.1) is 23.6 Å². The molecule has 3 rings (SSSR count). The molecule has 0 aliphatic heterocycles. The second-order valence-corrected chi connectivity index (χ2v) is 8.00. The fraction of sp³-hybridized carbons (Fsp3) is 0.318. The number of hydrogen-bond donors (Lipinski definition) is 1. The van der Waals surface area contributed by atoms with Crippen LogP contribution in [0.3, 0.4) is 0 Å². The van der Waals surface area contributed by atoms with Gasteiger partial charge in [-0.3, -0.25) is 4.79 Å². The van der Waals surface area contributed by atoms with Gasteiger partial charge in [0, 0.05) is 6.54 Å². The van der Waals surface area contributed by atoms with Gasteiger partial charge in [0.1, 0.15) is 11.6 Å². The van der Waals surface area contributed by atoms with Crippen LogP contribution < -0.4 is 10.1 Å². The molecule has 8 heteroatoms. The lowest BCUT2D eigenvalue weighted by Crippen LogP contribution is -2.16. The minimum atomic E-state index is -0.350. The second-order valence-electron chi connectivity index (χ2n) is 7.06. The molecule has 1 aromatic heterocycles. The van der Waals surface area contributed by atoms with Gasteiger partial charge in [-0.25, -0.2) is 4.39 Å². The number of amides is 1. The van der Waals surface area contributed by atoms with E-state index in [4.69, 9.17) is 4.74 Å². The zero-order valence-corrected chi connectivity index (χ0v) is 18.1. The second kappa shape index (κ2) is 10.2. The monoisotopic (exact) mass is 428 g/mol. The van der Waals surface area contributed by atoms with Crippen LogP contribution in [0.2, 0.25) is 0 Å². The maximum atomic E-state index is 14.3. The van der Waals surface area contributed by atoms with Gasteiger partial charge in [0.2, 0.25) is 5.91 Å². The van der Waals surface area contributed by atoms with E-state index in [0.29, 0.717) is 47.1 Å². The van der Waals surface area contributed by atoms with E-state index in [1.807, 2.05) is 29.7 Å². The lowest BCUT2D eigenvalue weighted by Gasteiger charge is -2.13. The number of rotatable bonds is 9. The van der Waals surface area contributed by atoms with Crippen molar-refractivity contribution >= 4 is 23.4 Å². The molecule has 1 heterocycles. The molecule has 0 aliphatic carbocycles. The van der Waals surface area contributed by atoms with E-state index in [0.717, 1.165) is 0 Å². The number of ether oxygens (including phenoxy) is 1. The van der Waals surface area contributed by atoms with Crippen molar-refractivity contribution in [2.75, 3.05) is 17.7 Å². The molecule has 0 atom stereocenters. The van der Waals surface area contributed by atoms with Crippen LogP contribution in [0.15, 0.2) is 53.7 Å². The molecule has 2 aromatic carbocycles. The average Bonchev–Trinajstić information content (AvgIpc) is 3.10. The van der Waals surface area contributed by atoms with Crippen LogP contribution in [0, 0.1) is 11.7 Å². The molecule has 0 bridgehead atoms. The molecule has 3 aromatic rings. The molecular formula is C22H25FN4O2S. The highest BCUT2D eigenvalue weighted by Gasteiger charge is 2.19. The summed E-state index contributed by atoms with van der Waals surface area (Å²) >= 11 is 1.27. The highest BCUT2D eigenvalue weighted by Crippen LogP contribution is 2.28. The summed E-state index contributed by atoms with van der Waals surface area (Å²) < 4.78 is 21.7. The Bertz CT molecular complexity index is 1010. The van der Waals surface area contributed by atoms with Gasteiger partial charge in [-0.2, -0.15) is 0 Å². The van der Waals surface area contributed by atoms with Gasteiger partial charge in [0.25, 0.3) is 0 Å². The molecule has 0 saturated heterocycles. The van der Waals surface area contributed by atoms with Crippen LogP contribution in [0.5, 0.6) is 5.75 Å². The fourth-order valence-electron chi connectivity index (χ4n) is 2.93. The first-order chi connectivity index (χ1) is 14.5. The largest absolute Gasteiger partial charge is 0.492 e. The van der Waals surface area contributed by atoms with Crippen molar-refractivity contribution in [3.63, 3.8) is 0 Å². The number of hydrogen-bond acceptors (Lipinski definition) is 5. The lowest BCUT2D eigenvalue weighted by molar-refractivity contribution is -0.113. The molecule has 0 radical (unpaired) electrons. The summed E-state index contributed by atoms with van der Waals surface area (Å²) in [6.45, 7) is 7.16. The van der Waals surface area contributed by atoms with Crippen LogP contribution in [-0.2, 0) is 11.3 Å². The van der Waals surface area contributed by atoms with Gasteiger partial charge in [0.15, 0.2) is 11.0 Å². The summed E-state index contributed by atoms with van der Waals surface area (Å²) in [5.74, 6) is 1.01. The summed E-state index contributed by atoms with van der Waals surface area (Å²) in [6, 6.07) is 13.8. The van der Waals surface area contributed by atoms with E-state index in [9.17, 15) is 9.18 Å². The Labute approximate surface area is 179 Å². The Morgan fingerprint density at radius 1 is 1.17 bits per heavy atom. The number of thioether (sulfide) groups is 1. The van der Waals surface area contributed by atoms with Crippen LogP contribution in [-0.4, -0.2) is 33.0 Å². The van der Waals surface area contributed by atoms with Crippen molar-refractivity contribution in [1.82, 2.24) is 14.8 Å². The zero-order chi connectivity index (χ0) is 21.5. The Morgan fingerprint density at radius 3 is 2.63 bits per heavy atom. The number of para-hydroxylation sites is 2. The number of carbonyl (C=O) groups excluding carboxylic acids is 1. The number of halogens is 1. The Balaban J connectivity index is 1.75. The van der Waals surface area contributed by atoms with Gasteiger partial charge < -0.3 is 14.6 Å². The van der Waals surface area contributed by atoms with Crippen LogP contribution in [0.25, 0.3) is 11.4 Å². The first-order valence-corrected chi connectivity index (χ1v) is 10.8. The van der Waals surface area contributed by atoms with E-state index >= 15 is 0 Å². The lowest BCUT2D eigenvalue weighted by atomic mass is 10.2. The Morgan fingerprint density at radius 2 is 1.90 bits per heavy atom. The summed E-state index contributed by atoms with van der Waals surface area (Å²) in [4.78, 5) is 12.5. The van der Waals surface area contributed by atoms with Crippen molar-refractivity contribution in [2.24, 2.45) is 5.92 Å². The van der Waals surface area contributed by atoms with Crippen molar-refractivity contribution in [1.29, 1.82) is 0 Å². The normalized spacial score (nSPS) is 11.0. The van der Waals surface area contributed by atoms with Crippen molar-refractivity contribution in [3.05, 3.63) is 54.3 Å². The molecular weight excluding hydrogens is 403 g/mol. The SMILES string of the molecule is CCOc1ccccc1NC(=O)CSc1nnc(-c2ccccc2F)n1CC(C)C. The topological polar surface area (TPSA) is 69.0 Å². The molecule has 1 N–H and O–H groups in total. The van der Waals surface area contributed by atoms with Gasteiger partial charge in [-0.15, -0.1) is 10.2 Å². The van der Waals surface area contributed by atoms with E-state index in [2.05, 4.69) is 29.4 Å². The molecule has 0 unspecified atom stereocenters. The molecule has 158 valence electrons. The summed E-state index contributed by atoms with van der Waals surface area (Å²) in [7, 11) is 0. The number of benzene rings is 2. The van der Waals surface area contributed by atoms with Gasteiger partial charge in [-0.1, -0.05) is 49.9 Å². The number of nitrogens with one attached hydrogen (secondary N) is 1. The molecule has 0 fully saturated rings. The van der Waals surface area contributed by atoms with Crippen molar-refractivity contribution < 1.29 is 13.9 Å². The van der Waals surface area contributed by atoms with Crippen molar-refractivity contribution in [3.8, 4) is 17.1 Å². The number of nitrogens with zero attached hydrogens (tertiary/aromatic N) is 3. The van der Waals surface area contributed by atoms with Crippen LogP contribution in [0.4, 0.5) is 10.1 Å². The van der Waals surface area contributed by atoms with Gasteiger partial charge >= 0.3 is 0 Å². The quantitative estimate of drug-likeness (QED) is 0.493. The minimum Gasteiger partial charge on any atom is -0.492 e. The van der Waals surface area contributed by atoms with Gasteiger partial charge in [-0.05, 0) is 37.1 Å². The predicted molar refractivity (Wildman–Crippen MR) is 117 cm³/mol. The van der Waals surface area contributed by atoms with E-state index < -0.39 is 0 Å². The third kappa shape index (κ3) is 5.38. The third-order valence-corrected chi connectivity index (χ3v) is 5.14. The van der Waals surface area contributed by atoms with E-state index in [1.165, 1.54) is 17.8 Å². The summed E-state index contributed by atoms with van der Waals surface area (Å²) in [6.07, 6.45) is 0. The summed E-state index contributed by atoms with van der Waals surface area (Å²) in [5, 5.41) is 11.9. The first-order valence-electron chi connectivity index (χ1n) is 9.82. The molecule has 0 spiro atoms. The van der Waals surface area contributed by atoms with Crippen LogP contribution in [0.1, 0.15) is 20.8 Å². The zero-order valence-electron chi connectivity index (χ0n) is 17.3. The minimum absolute atomic E-state index is 0.147.